The van der Waals surface area contributed by atoms with Gasteiger partial charge in [0.05, 0.1) is 4.70 Å². The second kappa shape index (κ2) is 9.95. The van der Waals surface area contributed by atoms with Gasteiger partial charge in [-0.15, -0.1) is 12.4 Å². The first kappa shape index (κ1) is 22.3. The summed E-state index contributed by atoms with van der Waals surface area (Å²) >= 11 is 1.32. The maximum Gasteiger partial charge on any atom is 0.280 e. The number of nitrogens with zero attached hydrogens (tertiary/aromatic N) is 5. The van der Waals surface area contributed by atoms with Crippen LogP contribution in [0.25, 0.3) is 10.2 Å². The van der Waals surface area contributed by atoms with Gasteiger partial charge in [0.1, 0.15) is 11.3 Å². The van der Waals surface area contributed by atoms with E-state index in [0.29, 0.717) is 36.0 Å². The van der Waals surface area contributed by atoms with E-state index in [2.05, 4.69) is 28.8 Å². The monoisotopic (exact) mass is 425 g/mol. The molecule has 0 saturated carbocycles. The van der Waals surface area contributed by atoms with Crippen molar-refractivity contribution in [2.24, 2.45) is 0 Å². The second-order valence-electron chi connectivity index (χ2n) is 6.12. The highest BCUT2D eigenvalue weighted by Crippen LogP contribution is 2.30. The maximum absolute atomic E-state index is 14.1. The highest BCUT2D eigenvalue weighted by molar-refractivity contribution is 7.22. The number of hydrogen-bond donors (Lipinski definition) is 0. The lowest BCUT2D eigenvalue weighted by Gasteiger charge is -2.24. The number of rotatable bonds is 8. The Kier molecular flexibility index (Phi) is 7.91. The molecule has 1 amide bonds. The van der Waals surface area contributed by atoms with E-state index < -0.39 is 0 Å². The summed E-state index contributed by atoms with van der Waals surface area (Å²) < 4.78 is 16.5. The van der Waals surface area contributed by atoms with Gasteiger partial charge < -0.3 is 4.90 Å². The Morgan fingerprint density at radius 2 is 1.93 bits per heavy atom. The molecule has 0 aliphatic carbocycles. The van der Waals surface area contributed by atoms with Crippen LogP contribution in [-0.4, -0.2) is 51.8 Å². The molecule has 28 heavy (non-hydrogen) atoms. The van der Waals surface area contributed by atoms with Gasteiger partial charge in [-0.2, -0.15) is 5.10 Å². The molecule has 0 aliphatic heterocycles. The number of carbonyl (C=O) groups excluding carboxylic acids is 1. The Morgan fingerprint density at radius 1 is 1.18 bits per heavy atom. The summed E-state index contributed by atoms with van der Waals surface area (Å²) in [5, 5.41) is 4.83. The molecule has 0 aliphatic rings. The van der Waals surface area contributed by atoms with Gasteiger partial charge in [-0.25, -0.2) is 9.37 Å². The Hall–Kier alpha value is -2.03. The standard InChI is InChI=1S/C19H24FN5OS.ClH/c1-4-23(5-2)12-13-25(18(26)15-10-11-24(6-3)22-15)19-21-17-14(20)8-7-9-16(17)27-19;/h7-11H,4-6,12-13H2,1-3H3;1H. The highest BCUT2D eigenvalue weighted by atomic mass is 35.5. The molecule has 6 nitrogen and oxygen atoms in total. The lowest BCUT2D eigenvalue weighted by molar-refractivity contribution is 0.0978. The molecule has 152 valence electrons. The topological polar surface area (TPSA) is 54.3 Å². The summed E-state index contributed by atoms with van der Waals surface area (Å²) in [5.74, 6) is -0.588. The molecule has 0 unspecified atom stereocenters. The van der Waals surface area contributed by atoms with Gasteiger partial charge in [-0.05, 0) is 38.2 Å². The minimum absolute atomic E-state index is 0. The molecule has 0 fully saturated rings. The van der Waals surface area contributed by atoms with E-state index in [-0.39, 0.29) is 24.1 Å². The predicted octanol–water partition coefficient (Wildman–Crippen LogP) is 4.06. The first-order valence-electron chi connectivity index (χ1n) is 9.20. The minimum Gasteiger partial charge on any atom is -0.302 e. The molecule has 1 aromatic carbocycles. The number of hydrogen-bond acceptors (Lipinski definition) is 5. The summed E-state index contributed by atoms with van der Waals surface area (Å²) in [7, 11) is 0. The average molecular weight is 426 g/mol. The molecular weight excluding hydrogens is 401 g/mol. The number of para-hydroxylation sites is 1. The summed E-state index contributed by atoms with van der Waals surface area (Å²) in [4.78, 5) is 21.4. The lowest BCUT2D eigenvalue weighted by atomic mass is 10.3. The van der Waals surface area contributed by atoms with Crippen molar-refractivity contribution in [1.82, 2.24) is 19.7 Å². The van der Waals surface area contributed by atoms with Crippen LogP contribution in [0.5, 0.6) is 0 Å². The van der Waals surface area contributed by atoms with Crippen LogP contribution < -0.4 is 4.90 Å². The minimum atomic E-state index is -0.374. The number of aromatic nitrogens is 3. The largest absolute Gasteiger partial charge is 0.302 e. The fourth-order valence-electron chi connectivity index (χ4n) is 2.87. The van der Waals surface area contributed by atoms with Gasteiger partial charge in [0.15, 0.2) is 10.8 Å². The first-order chi connectivity index (χ1) is 13.1. The van der Waals surface area contributed by atoms with Crippen molar-refractivity contribution in [3.63, 3.8) is 0 Å². The van der Waals surface area contributed by atoms with Crippen molar-refractivity contribution in [3.8, 4) is 0 Å². The number of thiazole rings is 1. The normalized spacial score (nSPS) is 11.0. The number of amides is 1. The van der Waals surface area contributed by atoms with Crippen molar-refractivity contribution in [2.45, 2.75) is 27.3 Å². The van der Waals surface area contributed by atoms with Crippen molar-refractivity contribution >= 4 is 45.0 Å². The number of fused-ring (bicyclic) bond motifs is 1. The highest BCUT2D eigenvalue weighted by Gasteiger charge is 2.24. The number of benzene rings is 1. The number of anilines is 1. The van der Waals surface area contributed by atoms with Crippen LogP contribution in [0.1, 0.15) is 31.3 Å². The van der Waals surface area contributed by atoms with Crippen LogP contribution >= 0.6 is 23.7 Å². The number of carbonyl (C=O) groups is 1. The summed E-state index contributed by atoms with van der Waals surface area (Å²) in [6.07, 6.45) is 1.79. The van der Waals surface area contributed by atoms with Crippen LogP contribution in [0.15, 0.2) is 30.5 Å². The third-order valence-electron chi connectivity index (χ3n) is 4.55. The SMILES string of the molecule is CCN(CC)CCN(C(=O)c1ccn(CC)n1)c1nc2c(F)cccc2s1.Cl. The van der Waals surface area contributed by atoms with Crippen molar-refractivity contribution in [3.05, 3.63) is 42.0 Å². The zero-order valence-corrected chi connectivity index (χ0v) is 17.9. The van der Waals surface area contributed by atoms with E-state index in [1.807, 2.05) is 13.0 Å². The van der Waals surface area contributed by atoms with E-state index in [1.165, 1.54) is 17.4 Å². The van der Waals surface area contributed by atoms with Crippen LogP contribution in [0.4, 0.5) is 9.52 Å². The molecule has 0 bridgehead atoms. The second-order valence-corrected chi connectivity index (χ2v) is 7.13. The van der Waals surface area contributed by atoms with Crippen LogP contribution in [0, 0.1) is 5.82 Å². The molecule has 3 rings (SSSR count). The molecule has 3 aromatic rings. The van der Waals surface area contributed by atoms with Crippen LogP contribution in [0.2, 0.25) is 0 Å². The Morgan fingerprint density at radius 3 is 2.54 bits per heavy atom. The average Bonchev–Trinajstić information content (AvgIpc) is 3.32. The van der Waals surface area contributed by atoms with Gasteiger partial charge >= 0.3 is 0 Å². The van der Waals surface area contributed by atoms with Crippen molar-refractivity contribution in [1.29, 1.82) is 0 Å². The number of aryl methyl sites for hydroxylation is 1. The quantitative estimate of drug-likeness (QED) is 0.546. The third-order valence-corrected chi connectivity index (χ3v) is 5.60. The fraction of sp³-hybridized carbons (Fsp3) is 0.421. The zero-order valence-electron chi connectivity index (χ0n) is 16.3. The number of likely N-dealkylation sites (N-methyl/N-ethyl adjacent to an activating group) is 1. The molecule has 0 radical (unpaired) electrons. The Bertz CT molecular complexity index is 924. The molecule has 0 atom stereocenters. The maximum atomic E-state index is 14.1. The van der Waals surface area contributed by atoms with Gasteiger partial charge in [0, 0.05) is 25.8 Å². The van der Waals surface area contributed by atoms with Crippen molar-refractivity contribution in [2.75, 3.05) is 31.1 Å². The van der Waals surface area contributed by atoms with E-state index >= 15 is 0 Å². The van der Waals surface area contributed by atoms with E-state index in [1.54, 1.807) is 27.9 Å². The van der Waals surface area contributed by atoms with Gasteiger partial charge in [-0.3, -0.25) is 14.4 Å². The number of halogens is 2. The molecule has 2 heterocycles. The molecular formula is C19H25ClFN5OS. The molecule has 9 heteroatoms. The van der Waals surface area contributed by atoms with Gasteiger partial charge in [-0.1, -0.05) is 31.3 Å². The Balaban J connectivity index is 0.00000280. The van der Waals surface area contributed by atoms with E-state index in [4.69, 9.17) is 0 Å². The zero-order chi connectivity index (χ0) is 19.4. The Labute approximate surface area is 174 Å². The molecule has 0 N–H and O–H groups in total. The van der Waals surface area contributed by atoms with Gasteiger partial charge in [0.2, 0.25) is 0 Å². The summed E-state index contributed by atoms with van der Waals surface area (Å²) in [5.41, 5.74) is 0.674. The summed E-state index contributed by atoms with van der Waals surface area (Å²) in [6.45, 7) is 9.83. The van der Waals surface area contributed by atoms with Crippen LogP contribution in [-0.2, 0) is 6.54 Å². The van der Waals surface area contributed by atoms with Crippen molar-refractivity contribution < 1.29 is 9.18 Å². The predicted molar refractivity (Wildman–Crippen MR) is 114 cm³/mol. The molecule has 0 saturated heterocycles. The third kappa shape index (κ3) is 4.68. The summed E-state index contributed by atoms with van der Waals surface area (Å²) in [6, 6.07) is 6.57. The first-order valence-corrected chi connectivity index (χ1v) is 10.0. The molecule has 2 aromatic heterocycles. The fourth-order valence-corrected chi connectivity index (χ4v) is 3.88. The van der Waals surface area contributed by atoms with E-state index in [0.717, 1.165) is 17.8 Å². The van der Waals surface area contributed by atoms with Gasteiger partial charge in [0.25, 0.3) is 5.91 Å². The molecule has 0 spiro atoms. The van der Waals surface area contributed by atoms with Crippen LogP contribution in [0.3, 0.4) is 0 Å². The van der Waals surface area contributed by atoms with E-state index in [9.17, 15) is 9.18 Å². The smallest absolute Gasteiger partial charge is 0.280 e. The lowest BCUT2D eigenvalue weighted by Crippen LogP contribution is -2.39.